The van der Waals surface area contributed by atoms with Gasteiger partial charge in [0.05, 0.1) is 6.26 Å². The Kier molecular flexibility index (Phi) is 5.85. The molecular weight excluding hydrogens is 374 g/mol. The van der Waals surface area contributed by atoms with Gasteiger partial charge >= 0.3 is 11.6 Å². The van der Waals surface area contributed by atoms with E-state index < -0.39 is 33.5 Å². The van der Waals surface area contributed by atoms with Gasteiger partial charge in [0.1, 0.15) is 11.3 Å². The summed E-state index contributed by atoms with van der Waals surface area (Å²) in [6, 6.07) is 6.89. The maximum Gasteiger partial charge on any atom is 0.342 e. The Bertz CT molecular complexity index is 1010. The number of Topliss-reactive ketones (excluding diaryl/α,β-unsaturated/α-hetero) is 1. The second kappa shape index (κ2) is 7.75. The van der Waals surface area contributed by atoms with Gasteiger partial charge in [-0.2, -0.15) is 0 Å². The molecule has 0 bridgehead atoms. The summed E-state index contributed by atoms with van der Waals surface area (Å²) in [5.41, 5.74) is 0.478. The molecule has 1 atom stereocenters. The highest BCUT2D eigenvalue weighted by molar-refractivity contribution is 7.92. The second-order valence-corrected chi connectivity index (χ2v) is 7.79. The standard InChI is InChI=1S/C18H19NO7S/c1-10-9-15(20)25-11(2)16(10)18(22)26-12(3)17(21)13-5-7-14(8-6-13)19-27(4,23)24/h5-9,12,19H,1-4H3/t12-/m0/s1. The van der Waals surface area contributed by atoms with E-state index in [0.29, 0.717) is 11.3 Å². The van der Waals surface area contributed by atoms with Crippen molar-refractivity contribution in [3.8, 4) is 0 Å². The zero-order chi connectivity index (χ0) is 20.4. The minimum absolute atomic E-state index is 0.0990. The normalized spacial score (nSPS) is 12.3. The summed E-state index contributed by atoms with van der Waals surface area (Å²) in [5, 5.41) is 0. The van der Waals surface area contributed by atoms with Crippen LogP contribution in [0.15, 0.2) is 39.5 Å². The number of hydrogen-bond acceptors (Lipinski definition) is 7. The van der Waals surface area contributed by atoms with Gasteiger partial charge in [-0.15, -0.1) is 0 Å². The molecular formula is C18H19NO7S. The van der Waals surface area contributed by atoms with Crippen LogP contribution in [-0.2, 0) is 14.8 Å². The predicted molar refractivity (Wildman–Crippen MR) is 98.6 cm³/mol. The van der Waals surface area contributed by atoms with Crippen LogP contribution in [0.4, 0.5) is 5.69 Å². The number of esters is 1. The topological polar surface area (TPSA) is 120 Å². The number of anilines is 1. The van der Waals surface area contributed by atoms with Crippen LogP contribution in [0, 0.1) is 13.8 Å². The molecule has 0 unspecified atom stereocenters. The Morgan fingerprint density at radius 2 is 1.74 bits per heavy atom. The molecule has 9 heteroatoms. The molecule has 2 rings (SSSR count). The number of carbonyl (C=O) groups excluding carboxylic acids is 2. The third kappa shape index (κ3) is 5.27. The van der Waals surface area contributed by atoms with Crippen molar-refractivity contribution in [1.82, 2.24) is 0 Å². The first-order valence-corrected chi connectivity index (χ1v) is 9.81. The summed E-state index contributed by atoms with van der Waals surface area (Å²) in [6.45, 7) is 4.46. The van der Waals surface area contributed by atoms with Gasteiger partial charge in [-0.25, -0.2) is 18.0 Å². The lowest BCUT2D eigenvalue weighted by atomic mass is 10.1. The van der Waals surface area contributed by atoms with Crippen molar-refractivity contribution >= 4 is 27.5 Å². The molecule has 0 aliphatic rings. The number of sulfonamides is 1. The van der Waals surface area contributed by atoms with E-state index in [-0.39, 0.29) is 16.9 Å². The van der Waals surface area contributed by atoms with Crippen LogP contribution in [-0.4, -0.2) is 32.5 Å². The van der Waals surface area contributed by atoms with Gasteiger partial charge in [-0.3, -0.25) is 9.52 Å². The van der Waals surface area contributed by atoms with Crippen LogP contribution >= 0.6 is 0 Å². The minimum atomic E-state index is -3.42. The van der Waals surface area contributed by atoms with Crippen molar-refractivity contribution in [3.05, 3.63) is 63.2 Å². The summed E-state index contributed by atoms with van der Waals surface area (Å²) in [7, 11) is -3.42. The van der Waals surface area contributed by atoms with E-state index in [9.17, 15) is 22.8 Å². The number of aryl methyl sites for hydroxylation is 2. The van der Waals surface area contributed by atoms with Gasteiger partial charge in [-0.05, 0) is 50.6 Å². The Morgan fingerprint density at radius 3 is 2.26 bits per heavy atom. The van der Waals surface area contributed by atoms with Crippen LogP contribution in [0.25, 0.3) is 0 Å². The van der Waals surface area contributed by atoms with Crippen molar-refractivity contribution in [2.45, 2.75) is 26.9 Å². The van der Waals surface area contributed by atoms with Crippen molar-refractivity contribution in [3.63, 3.8) is 0 Å². The summed E-state index contributed by atoms with van der Waals surface area (Å²) in [5.74, 6) is -1.12. The van der Waals surface area contributed by atoms with Crippen LogP contribution in [0.1, 0.15) is 39.0 Å². The maximum atomic E-state index is 12.4. The predicted octanol–water partition coefficient (Wildman–Crippen LogP) is 2.06. The first-order valence-electron chi connectivity index (χ1n) is 7.92. The monoisotopic (exact) mass is 393 g/mol. The van der Waals surface area contributed by atoms with E-state index >= 15 is 0 Å². The Hall–Kier alpha value is -2.94. The molecule has 2 aromatic rings. The lowest BCUT2D eigenvalue weighted by Crippen LogP contribution is -2.25. The molecule has 1 aromatic heterocycles. The molecule has 1 aromatic carbocycles. The Morgan fingerprint density at radius 1 is 1.15 bits per heavy atom. The van der Waals surface area contributed by atoms with E-state index in [4.69, 9.17) is 9.15 Å². The molecule has 0 amide bonds. The first kappa shape index (κ1) is 20.4. The van der Waals surface area contributed by atoms with E-state index in [1.807, 2.05) is 0 Å². The zero-order valence-electron chi connectivity index (χ0n) is 15.2. The molecule has 0 fully saturated rings. The molecule has 144 valence electrons. The Labute approximate surface area is 156 Å². The minimum Gasteiger partial charge on any atom is -0.451 e. The van der Waals surface area contributed by atoms with Crippen molar-refractivity contribution in [2.24, 2.45) is 0 Å². The number of nitrogens with one attached hydrogen (secondary N) is 1. The average molecular weight is 393 g/mol. The fraction of sp³-hybridized carbons (Fsp3) is 0.278. The lowest BCUT2D eigenvalue weighted by molar-refractivity contribution is 0.0314. The third-order valence-corrected chi connectivity index (χ3v) is 4.27. The number of rotatable bonds is 6. The van der Waals surface area contributed by atoms with Crippen LogP contribution < -0.4 is 10.3 Å². The van der Waals surface area contributed by atoms with E-state index in [0.717, 1.165) is 6.26 Å². The number of carbonyl (C=O) groups is 2. The zero-order valence-corrected chi connectivity index (χ0v) is 16.0. The lowest BCUT2D eigenvalue weighted by Gasteiger charge is -2.14. The molecule has 0 aliphatic heterocycles. The maximum absolute atomic E-state index is 12.4. The molecule has 0 saturated carbocycles. The smallest absolute Gasteiger partial charge is 0.342 e. The largest absolute Gasteiger partial charge is 0.451 e. The molecule has 0 radical (unpaired) electrons. The van der Waals surface area contributed by atoms with Gasteiger partial charge in [0.2, 0.25) is 15.8 Å². The van der Waals surface area contributed by atoms with Crippen LogP contribution in [0.5, 0.6) is 0 Å². The molecule has 0 aliphatic carbocycles. The van der Waals surface area contributed by atoms with E-state index in [1.54, 1.807) is 6.92 Å². The van der Waals surface area contributed by atoms with Crippen molar-refractivity contribution in [2.75, 3.05) is 11.0 Å². The van der Waals surface area contributed by atoms with Gasteiger partial charge in [0.15, 0.2) is 6.10 Å². The fourth-order valence-electron chi connectivity index (χ4n) is 2.49. The van der Waals surface area contributed by atoms with Gasteiger partial charge < -0.3 is 9.15 Å². The first-order chi connectivity index (χ1) is 12.5. The number of benzene rings is 1. The molecule has 27 heavy (non-hydrogen) atoms. The molecule has 0 spiro atoms. The highest BCUT2D eigenvalue weighted by Gasteiger charge is 2.23. The molecule has 0 saturated heterocycles. The summed E-state index contributed by atoms with van der Waals surface area (Å²) >= 11 is 0. The van der Waals surface area contributed by atoms with Crippen LogP contribution in [0.2, 0.25) is 0 Å². The molecule has 1 heterocycles. The fourth-order valence-corrected chi connectivity index (χ4v) is 3.05. The quantitative estimate of drug-likeness (QED) is 0.589. The molecule has 8 nitrogen and oxygen atoms in total. The summed E-state index contributed by atoms with van der Waals surface area (Å²) < 4.78 is 34.8. The SMILES string of the molecule is Cc1cc(=O)oc(C)c1C(=O)O[C@@H](C)C(=O)c1ccc(NS(C)(=O)=O)cc1. The average Bonchev–Trinajstić information content (AvgIpc) is 2.52. The Balaban J connectivity index is 2.14. The summed E-state index contributed by atoms with van der Waals surface area (Å²) in [4.78, 5) is 36.1. The number of ether oxygens (including phenoxy) is 1. The van der Waals surface area contributed by atoms with Gasteiger partial charge in [0.25, 0.3) is 0 Å². The molecule has 1 N–H and O–H groups in total. The highest BCUT2D eigenvalue weighted by Crippen LogP contribution is 2.16. The van der Waals surface area contributed by atoms with Gasteiger partial charge in [0, 0.05) is 17.3 Å². The van der Waals surface area contributed by atoms with E-state index in [2.05, 4.69) is 4.72 Å². The van der Waals surface area contributed by atoms with Crippen molar-refractivity contribution < 1.29 is 27.2 Å². The van der Waals surface area contributed by atoms with E-state index in [1.165, 1.54) is 44.2 Å². The van der Waals surface area contributed by atoms with Crippen molar-refractivity contribution in [1.29, 1.82) is 0 Å². The summed E-state index contributed by atoms with van der Waals surface area (Å²) in [6.07, 6.45) is -0.0691. The second-order valence-electron chi connectivity index (χ2n) is 6.04. The number of ketones is 1. The van der Waals surface area contributed by atoms with Gasteiger partial charge in [-0.1, -0.05) is 0 Å². The van der Waals surface area contributed by atoms with Crippen LogP contribution in [0.3, 0.4) is 0 Å². The third-order valence-electron chi connectivity index (χ3n) is 3.66. The highest BCUT2D eigenvalue weighted by atomic mass is 32.2. The number of hydrogen-bond donors (Lipinski definition) is 1.